The van der Waals surface area contributed by atoms with Crippen molar-refractivity contribution in [3.05, 3.63) is 77.6 Å². The number of hydrogen-bond acceptors (Lipinski definition) is 6. The summed E-state index contributed by atoms with van der Waals surface area (Å²) in [6, 6.07) is 17.1. The van der Waals surface area contributed by atoms with E-state index in [1.165, 1.54) is 0 Å². The highest BCUT2D eigenvalue weighted by atomic mass is 16.5. The van der Waals surface area contributed by atoms with E-state index in [9.17, 15) is 4.79 Å². The highest BCUT2D eigenvalue weighted by Crippen LogP contribution is 2.27. The first-order valence-corrected chi connectivity index (χ1v) is 9.24. The molecule has 0 saturated heterocycles. The lowest BCUT2D eigenvalue weighted by Crippen LogP contribution is -2.24. The average Bonchev–Trinajstić information content (AvgIpc) is 2.78. The zero-order valence-corrected chi connectivity index (χ0v) is 16.7. The number of hydrogen-bond donors (Lipinski definition) is 2. The highest BCUT2D eigenvalue weighted by molar-refractivity contribution is 5.92. The van der Waals surface area contributed by atoms with Crippen LogP contribution in [0.2, 0.25) is 0 Å². The van der Waals surface area contributed by atoms with E-state index >= 15 is 0 Å². The predicted octanol–water partition coefficient (Wildman–Crippen LogP) is 3.60. The van der Waals surface area contributed by atoms with Gasteiger partial charge in [0.05, 0.1) is 20.3 Å². The zero-order valence-electron chi connectivity index (χ0n) is 16.7. The fourth-order valence-electron chi connectivity index (χ4n) is 2.84. The molecule has 1 atom stereocenters. The first-order valence-electron chi connectivity index (χ1n) is 9.24. The first-order chi connectivity index (χ1) is 14.1. The SMILES string of the molecule is COc1ccc(CNC(=O)c2ccnc(NC(C)c3ccccc3)n2)cc1OC. The summed E-state index contributed by atoms with van der Waals surface area (Å²) in [4.78, 5) is 21.1. The van der Waals surface area contributed by atoms with Crippen LogP contribution >= 0.6 is 0 Å². The molecule has 0 aliphatic heterocycles. The largest absolute Gasteiger partial charge is 0.493 e. The number of benzene rings is 2. The van der Waals surface area contributed by atoms with Crippen molar-refractivity contribution in [3.63, 3.8) is 0 Å². The number of nitrogens with zero attached hydrogens (tertiary/aromatic N) is 2. The molecule has 0 radical (unpaired) electrons. The number of anilines is 1. The summed E-state index contributed by atoms with van der Waals surface area (Å²) in [6.45, 7) is 2.36. The molecule has 1 heterocycles. The molecular weight excluding hydrogens is 368 g/mol. The van der Waals surface area contributed by atoms with E-state index in [0.717, 1.165) is 11.1 Å². The second kappa shape index (κ2) is 9.54. The van der Waals surface area contributed by atoms with Crippen molar-refractivity contribution in [2.45, 2.75) is 19.5 Å². The van der Waals surface area contributed by atoms with Crippen molar-refractivity contribution in [3.8, 4) is 11.5 Å². The minimum Gasteiger partial charge on any atom is -0.493 e. The molecule has 3 aromatic rings. The van der Waals surface area contributed by atoms with E-state index in [1.807, 2.05) is 49.4 Å². The summed E-state index contributed by atoms with van der Waals surface area (Å²) < 4.78 is 10.5. The van der Waals surface area contributed by atoms with Crippen molar-refractivity contribution in [1.82, 2.24) is 15.3 Å². The van der Waals surface area contributed by atoms with Gasteiger partial charge in [0.15, 0.2) is 11.5 Å². The molecule has 2 N–H and O–H groups in total. The Morgan fingerprint density at radius 3 is 2.52 bits per heavy atom. The second-order valence-electron chi connectivity index (χ2n) is 6.41. The lowest BCUT2D eigenvalue weighted by Gasteiger charge is -2.14. The zero-order chi connectivity index (χ0) is 20.6. The molecule has 29 heavy (non-hydrogen) atoms. The molecule has 2 aromatic carbocycles. The Balaban J connectivity index is 1.63. The molecule has 0 fully saturated rings. The van der Waals surface area contributed by atoms with Gasteiger partial charge in [-0.1, -0.05) is 36.4 Å². The number of carbonyl (C=O) groups is 1. The standard InChI is InChI=1S/C22H24N4O3/c1-15(17-7-5-4-6-8-17)25-22-23-12-11-18(26-22)21(27)24-14-16-9-10-19(28-2)20(13-16)29-3/h4-13,15H,14H2,1-3H3,(H,24,27)(H,23,25,26). The van der Waals surface area contributed by atoms with Gasteiger partial charge in [0.1, 0.15) is 5.69 Å². The maximum Gasteiger partial charge on any atom is 0.270 e. The molecule has 0 aliphatic carbocycles. The molecule has 3 rings (SSSR count). The number of amides is 1. The summed E-state index contributed by atoms with van der Waals surface area (Å²) in [6.07, 6.45) is 1.57. The monoisotopic (exact) mass is 392 g/mol. The molecule has 7 nitrogen and oxygen atoms in total. The van der Waals surface area contributed by atoms with E-state index in [2.05, 4.69) is 20.6 Å². The molecule has 0 spiro atoms. The lowest BCUT2D eigenvalue weighted by atomic mass is 10.1. The van der Waals surface area contributed by atoms with Gasteiger partial charge in [0.25, 0.3) is 5.91 Å². The van der Waals surface area contributed by atoms with Crippen molar-refractivity contribution in [2.24, 2.45) is 0 Å². The number of carbonyl (C=O) groups excluding carboxylic acids is 1. The maximum atomic E-state index is 12.5. The number of rotatable bonds is 8. The molecule has 7 heteroatoms. The Kier molecular flexibility index (Phi) is 6.63. The van der Waals surface area contributed by atoms with Gasteiger partial charge in [0.2, 0.25) is 5.95 Å². The Labute approximate surface area is 170 Å². The van der Waals surface area contributed by atoms with Gasteiger partial charge in [0, 0.05) is 12.7 Å². The van der Waals surface area contributed by atoms with Crippen LogP contribution in [0.5, 0.6) is 11.5 Å². The fourth-order valence-corrected chi connectivity index (χ4v) is 2.84. The van der Waals surface area contributed by atoms with Crippen LogP contribution in [0.1, 0.15) is 34.6 Å². The summed E-state index contributed by atoms with van der Waals surface area (Å²) in [5.74, 6) is 1.38. The van der Waals surface area contributed by atoms with Crippen molar-refractivity contribution >= 4 is 11.9 Å². The van der Waals surface area contributed by atoms with Crippen molar-refractivity contribution < 1.29 is 14.3 Å². The van der Waals surface area contributed by atoms with Gasteiger partial charge in [-0.2, -0.15) is 0 Å². The maximum absolute atomic E-state index is 12.5. The van der Waals surface area contributed by atoms with Crippen LogP contribution < -0.4 is 20.1 Å². The third kappa shape index (κ3) is 5.22. The molecule has 0 bridgehead atoms. The molecule has 1 aromatic heterocycles. The normalized spacial score (nSPS) is 11.4. The smallest absolute Gasteiger partial charge is 0.270 e. The van der Waals surface area contributed by atoms with Gasteiger partial charge in [-0.25, -0.2) is 9.97 Å². The van der Waals surface area contributed by atoms with Crippen LogP contribution in [0.3, 0.4) is 0 Å². The molecule has 150 valence electrons. The number of aromatic nitrogens is 2. The average molecular weight is 392 g/mol. The van der Waals surface area contributed by atoms with Gasteiger partial charge < -0.3 is 20.1 Å². The Morgan fingerprint density at radius 1 is 1.03 bits per heavy atom. The molecule has 0 saturated carbocycles. The van der Waals surface area contributed by atoms with Crippen LogP contribution in [-0.2, 0) is 6.54 Å². The van der Waals surface area contributed by atoms with Gasteiger partial charge in [-0.05, 0) is 36.2 Å². The Bertz CT molecular complexity index is 963. The van der Waals surface area contributed by atoms with Gasteiger partial charge >= 0.3 is 0 Å². The summed E-state index contributed by atoms with van der Waals surface area (Å²) in [7, 11) is 3.16. The van der Waals surface area contributed by atoms with Crippen LogP contribution in [0.4, 0.5) is 5.95 Å². The molecule has 1 unspecified atom stereocenters. The minimum atomic E-state index is -0.280. The van der Waals surface area contributed by atoms with E-state index in [1.54, 1.807) is 32.5 Å². The number of methoxy groups -OCH3 is 2. The third-order valence-corrected chi connectivity index (χ3v) is 4.43. The fraction of sp³-hybridized carbons (Fsp3) is 0.227. The quantitative estimate of drug-likeness (QED) is 0.609. The summed E-state index contributed by atoms with van der Waals surface area (Å²) in [5.41, 5.74) is 2.30. The van der Waals surface area contributed by atoms with Crippen molar-refractivity contribution in [2.75, 3.05) is 19.5 Å². The topological polar surface area (TPSA) is 85.4 Å². The Hall–Kier alpha value is -3.61. The third-order valence-electron chi connectivity index (χ3n) is 4.43. The molecular formula is C22H24N4O3. The van der Waals surface area contributed by atoms with Gasteiger partial charge in [-0.15, -0.1) is 0 Å². The van der Waals surface area contributed by atoms with Gasteiger partial charge in [-0.3, -0.25) is 4.79 Å². The molecule has 1 amide bonds. The second-order valence-corrected chi connectivity index (χ2v) is 6.41. The minimum absolute atomic E-state index is 0.0151. The van der Waals surface area contributed by atoms with Crippen LogP contribution in [0, 0.1) is 0 Å². The first kappa shape index (κ1) is 20.1. The highest BCUT2D eigenvalue weighted by Gasteiger charge is 2.12. The van der Waals surface area contributed by atoms with E-state index in [4.69, 9.17) is 9.47 Å². The van der Waals surface area contributed by atoms with Crippen LogP contribution in [0.15, 0.2) is 60.8 Å². The summed E-state index contributed by atoms with van der Waals surface area (Å²) >= 11 is 0. The predicted molar refractivity (Wildman–Crippen MR) is 111 cm³/mol. The number of ether oxygens (including phenoxy) is 2. The molecule has 0 aliphatic rings. The van der Waals surface area contributed by atoms with Crippen LogP contribution in [0.25, 0.3) is 0 Å². The van der Waals surface area contributed by atoms with E-state index in [-0.39, 0.29) is 11.9 Å². The van der Waals surface area contributed by atoms with Crippen molar-refractivity contribution in [1.29, 1.82) is 0 Å². The Morgan fingerprint density at radius 2 is 1.79 bits per heavy atom. The van der Waals surface area contributed by atoms with Crippen LogP contribution in [-0.4, -0.2) is 30.1 Å². The number of nitrogens with one attached hydrogen (secondary N) is 2. The summed E-state index contributed by atoms with van der Waals surface area (Å²) in [5, 5.41) is 6.09. The van der Waals surface area contributed by atoms with E-state index < -0.39 is 0 Å². The lowest BCUT2D eigenvalue weighted by molar-refractivity contribution is 0.0946. The van der Waals surface area contributed by atoms with E-state index in [0.29, 0.717) is 29.7 Å².